The quantitative estimate of drug-likeness (QED) is 0.897. The van der Waals surface area contributed by atoms with E-state index in [1.807, 2.05) is 6.07 Å². The second-order valence-corrected chi connectivity index (χ2v) is 4.95. The lowest BCUT2D eigenvalue weighted by Crippen LogP contribution is -2.11. The first-order valence-corrected chi connectivity index (χ1v) is 6.65. The molecule has 110 valence electrons. The molecule has 1 heterocycles. The van der Waals surface area contributed by atoms with Crippen LogP contribution >= 0.6 is 0 Å². The minimum atomic E-state index is -0.534. The Morgan fingerprint density at radius 1 is 1.14 bits per heavy atom. The predicted molar refractivity (Wildman–Crippen MR) is 84.2 cm³/mol. The number of benzene rings is 1. The van der Waals surface area contributed by atoms with Crippen molar-refractivity contribution < 1.29 is 9.53 Å². The summed E-state index contributed by atoms with van der Waals surface area (Å²) in [5.74, 6) is 0.449. The van der Waals surface area contributed by atoms with Gasteiger partial charge in [0, 0.05) is 5.69 Å². The van der Waals surface area contributed by atoms with Gasteiger partial charge in [-0.3, -0.25) is 5.32 Å². The molecule has 2 N–H and O–H groups in total. The molecule has 0 unspecified atom stereocenters. The molecule has 0 fully saturated rings. The third kappa shape index (κ3) is 3.72. The van der Waals surface area contributed by atoms with Crippen molar-refractivity contribution in [2.75, 3.05) is 17.7 Å². The van der Waals surface area contributed by atoms with E-state index in [4.69, 9.17) is 0 Å². The lowest BCUT2D eigenvalue weighted by atomic mass is 10.0. The highest BCUT2D eigenvalue weighted by Crippen LogP contribution is 2.25. The SMILES string of the molecule is COC(=O)Nc1ccc(Nc2c(C)cc(C)cc2C)cn1. The number of ether oxygens (including phenoxy) is 1. The van der Waals surface area contributed by atoms with Gasteiger partial charge in [0.05, 0.1) is 19.0 Å². The van der Waals surface area contributed by atoms with E-state index in [1.54, 1.807) is 12.3 Å². The van der Waals surface area contributed by atoms with Gasteiger partial charge in [-0.25, -0.2) is 9.78 Å². The van der Waals surface area contributed by atoms with Crippen molar-refractivity contribution in [2.24, 2.45) is 0 Å². The molecule has 21 heavy (non-hydrogen) atoms. The molecule has 1 aromatic heterocycles. The van der Waals surface area contributed by atoms with E-state index in [9.17, 15) is 4.79 Å². The van der Waals surface area contributed by atoms with Gasteiger partial charge in [0.25, 0.3) is 0 Å². The van der Waals surface area contributed by atoms with Crippen LogP contribution in [0, 0.1) is 20.8 Å². The number of nitrogens with one attached hydrogen (secondary N) is 2. The molecule has 1 amide bonds. The van der Waals surface area contributed by atoms with Crippen LogP contribution in [0.4, 0.5) is 22.0 Å². The summed E-state index contributed by atoms with van der Waals surface area (Å²) in [7, 11) is 1.31. The Morgan fingerprint density at radius 2 is 1.81 bits per heavy atom. The lowest BCUT2D eigenvalue weighted by Gasteiger charge is -2.14. The Labute approximate surface area is 124 Å². The Balaban J connectivity index is 2.16. The van der Waals surface area contributed by atoms with Crippen molar-refractivity contribution in [2.45, 2.75) is 20.8 Å². The molecule has 0 bridgehead atoms. The minimum Gasteiger partial charge on any atom is -0.453 e. The first-order valence-electron chi connectivity index (χ1n) is 6.65. The maximum atomic E-state index is 11.1. The summed E-state index contributed by atoms with van der Waals surface area (Å²) in [4.78, 5) is 15.3. The van der Waals surface area contributed by atoms with Crippen molar-refractivity contribution >= 4 is 23.3 Å². The van der Waals surface area contributed by atoms with Crippen LogP contribution in [0.15, 0.2) is 30.5 Å². The number of amides is 1. The molecule has 2 rings (SSSR count). The highest BCUT2D eigenvalue weighted by atomic mass is 16.5. The Kier molecular flexibility index (Phi) is 4.42. The number of rotatable bonds is 3. The van der Waals surface area contributed by atoms with Gasteiger partial charge < -0.3 is 10.1 Å². The zero-order valence-electron chi connectivity index (χ0n) is 12.7. The predicted octanol–water partition coefficient (Wildman–Crippen LogP) is 3.93. The zero-order chi connectivity index (χ0) is 15.4. The van der Waals surface area contributed by atoms with E-state index in [-0.39, 0.29) is 0 Å². The van der Waals surface area contributed by atoms with Gasteiger partial charge in [-0.05, 0) is 44.0 Å². The fourth-order valence-corrected chi connectivity index (χ4v) is 2.22. The Bertz CT molecular complexity index is 628. The average Bonchev–Trinajstić information content (AvgIpc) is 2.44. The van der Waals surface area contributed by atoms with Crippen LogP contribution in [0.1, 0.15) is 16.7 Å². The third-order valence-electron chi connectivity index (χ3n) is 3.13. The van der Waals surface area contributed by atoms with E-state index in [1.165, 1.54) is 23.8 Å². The van der Waals surface area contributed by atoms with E-state index < -0.39 is 6.09 Å². The number of hydrogen-bond acceptors (Lipinski definition) is 4. The van der Waals surface area contributed by atoms with Gasteiger partial charge >= 0.3 is 6.09 Å². The van der Waals surface area contributed by atoms with Crippen molar-refractivity contribution in [3.63, 3.8) is 0 Å². The summed E-state index contributed by atoms with van der Waals surface area (Å²) in [6.07, 6.45) is 1.14. The smallest absolute Gasteiger partial charge is 0.412 e. The summed E-state index contributed by atoms with van der Waals surface area (Å²) in [5, 5.41) is 5.87. The summed E-state index contributed by atoms with van der Waals surface area (Å²) in [5.41, 5.74) is 5.55. The molecular formula is C16H19N3O2. The molecule has 0 radical (unpaired) electrons. The van der Waals surface area contributed by atoms with Crippen LogP contribution in [0.3, 0.4) is 0 Å². The molecule has 1 aromatic carbocycles. The first kappa shape index (κ1) is 14.8. The van der Waals surface area contributed by atoms with Crippen LogP contribution in [-0.2, 0) is 4.74 Å². The molecule has 2 aromatic rings. The molecule has 0 spiro atoms. The van der Waals surface area contributed by atoms with Gasteiger partial charge in [-0.1, -0.05) is 17.7 Å². The van der Waals surface area contributed by atoms with E-state index in [0.717, 1.165) is 11.4 Å². The first-order chi connectivity index (χ1) is 9.99. The average molecular weight is 285 g/mol. The van der Waals surface area contributed by atoms with Crippen LogP contribution in [0.5, 0.6) is 0 Å². The molecule has 0 aliphatic carbocycles. The normalized spacial score (nSPS) is 10.1. The van der Waals surface area contributed by atoms with Crippen molar-refractivity contribution in [1.29, 1.82) is 0 Å². The number of aryl methyl sites for hydroxylation is 3. The number of pyridine rings is 1. The summed E-state index contributed by atoms with van der Waals surface area (Å²) in [6.45, 7) is 6.23. The number of methoxy groups -OCH3 is 1. The number of hydrogen-bond donors (Lipinski definition) is 2. The molecule has 5 heteroatoms. The van der Waals surface area contributed by atoms with Crippen LogP contribution < -0.4 is 10.6 Å². The molecule has 0 saturated heterocycles. The summed E-state index contributed by atoms with van der Waals surface area (Å²) < 4.78 is 4.52. The van der Waals surface area contributed by atoms with Crippen molar-refractivity contribution in [1.82, 2.24) is 4.98 Å². The standard InChI is InChI=1S/C16H19N3O2/c1-10-7-11(2)15(12(3)8-10)18-13-5-6-14(17-9-13)19-16(20)21-4/h5-9,18H,1-4H3,(H,17,19,20). The largest absolute Gasteiger partial charge is 0.453 e. The number of carbonyl (C=O) groups is 1. The molecule has 5 nitrogen and oxygen atoms in total. The zero-order valence-corrected chi connectivity index (χ0v) is 12.7. The minimum absolute atomic E-state index is 0.449. The topological polar surface area (TPSA) is 63.2 Å². The molecule has 0 aliphatic rings. The Morgan fingerprint density at radius 3 is 2.33 bits per heavy atom. The monoisotopic (exact) mass is 285 g/mol. The van der Waals surface area contributed by atoms with Crippen LogP contribution in [0.2, 0.25) is 0 Å². The van der Waals surface area contributed by atoms with Gasteiger partial charge in [0.15, 0.2) is 0 Å². The summed E-state index contributed by atoms with van der Waals surface area (Å²) >= 11 is 0. The van der Waals surface area contributed by atoms with Gasteiger partial charge in [0.2, 0.25) is 0 Å². The fraction of sp³-hybridized carbons (Fsp3) is 0.250. The Hall–Kier alpha value is -2.56. The highest BCUT2D eigenvalue weighted by Gasteiger charge is 2.05. The number of anilines is 3. The van der Waals surface area contributed by atoms with Crippen molar-refractivity contribution in [3.8, 4) is 0 Å². The molecule has 0 aliphatic heterocycles. The van der Waals surface area contributed by atoms with Gasteiger partial charge in [0.1, 0.15) is 5.82 Å². The number of nitrogens with zero attached hydrogens (tertiary/aromatic N) is 1. The molecule has 0 atom stereocenters. The van der Waals surface area contributed by atoms with Crippen LogP contribution in [-0.4, -0.2) is 18.2 Å². The second-order valence-electron chi connectivity index (χ2n) is 4.95. The maximum absolute atomic E-state index is 11.1. The highest BCUT2D eigenvalue weighted by molar-refractivity contribution is 5.83. The van der Waals surface area contributed by atoms with Gasteiger partial charge in [-0.15, -0.1) is 0 Å². The number of carbonyl (C=O) groups excluding carboxylic acids is 1. The lowest BCUT2D eigenvalue weighted by molar-refractivity contribution is 0.187. The van der Waals surface area contributed by atoms with Crippen molar-refractivity contribution in [3.05, 3.63) is 47.2 Å². The van der Waals surface area contributed by atoms with E-state index in [0.29, 0.717) is 5.82 Å². The number of aromatic nitrogens is 1. The van der Waals surface area contributed by atoms with E-state index in [2.05, 4.69) is 53.3 Å². The van der Waals surface area contributed by atoms with Gasteiger partial charge in [-0.2, -0.15) is 0 Å². The van der Waals surface area contributed by atoms with E-state index >= 15 is 0 Å². The summed E-state index contributed by atoms with van der Waals surface area (Å²) in [6, 6.07) is 7.85. The van der Waals surface area contributed by atoms with Crippen LogP contribution in [0.25, 0.3) is 0 Å². The third-order valence-corrected chi connectivity index (χ3v) is 3.13. The maximum Gasteiger partial charge on any atom is 0.412 e. The molecule has 0 saturated carbocycles. The second kappa shape index (κ2) is 6.26. The molecular weight excluding hydrogens is 266 g/mol. The fourth-order valence-electron chi connectivity index (χ4n) is 2.22.